The molecule has 3 atom stereocenters. The van der Waals surface area contributed by atoms with Crippen LogP contribution < -0.4 is 0 Å². The zero-order valence-corrected chi connectivity index (χ0v) is 9.90. The maximum Gasteiger partial charge on any atom is 0.307 e. The van der Waals surface area contributed by atoms with Crippen LogP contribution >= 0.6 is 0 Å². The molecule has 1 aromatic rings. The van der Waals surface area contributed by atoms with Gasteiger partial charge in [-0.05, 0) is 36.8 Å². The summed E-state index contributed by atoms with van der Waals surface area (Å²) in [6, 6.07) is 6.54. The number of carboxylic acid groups (broad SMARTS) is 1. The molecule has 2 rings (SSSR count). The third-order valence-corrected chi connectivity index (χ3v) is 3.73. The van der Waals surface area contributed by atoms with Gasteiger partial charge in [0.2, 0.25) is 0 Å². The Kier molecular flexibility index (Phi) is 3.46. The van der Waals surface area contributed by atoms with Gasteiger partial charge in [-0.1, -0.05) is 25.1 Å². The van der Waals surface area contributed by atoms with Crippen molar-refractivity contribution in [1.29, 1.82) is 0 Å². The second-order valence-corrected chi connectivity index (χ2v) is 4.99. The molecule has 1 saturated carbocycles. The van der Waals surface area contributed by atoms with E-state index in [0.717, 1.165) is 12.8 Å². The van der Waals surface area contributed by atoms with Gasteiger partial charge in [0.25, 0.3) is 0 Å². The van der Waals surface area contributed by atoms with E-state index in [2.05, 4.69) is 6.92 Å². The van der Waals surface area contributed by atoms with E-state index in [-0.39, 0.29) is 11.7 Å². The molecular weight excluding hydrogens is 219 g/mol. The van der Waals surface area contributed by atoms with Crippen molar-refractivity contribution in [3.05, 3.63) is 35.6 Å². The summed E-state index contributed by atoms with van der Waals surface area (Å²) in [5.41, 5.74) is 0.562. The standard InChI is InChI=1S/C14H17FO2/c1-9-6-7-11(14(16)17)12(8-9)10-4-2-3-5-13(10)15/h2-5,9,11-12H,6-8H2,1H3,(H,16,17). The molecule has 2 nitrogen and oxygen atoms in total. The van der Waals surface area contributed by atoms with Gasteiger partial charge >= 0.3 is 5.97 Å². The van der Waals surface area contributed by atoms with Crippen LogP contribution in [-0.2, 0) is 4.79 Å². The first-order valence-electron chi connectivity index (χ1n) is 6.07. The second kappa shape index (κ2) is 4.86. The van der Waals surface area contributed by atoms with Crippen LogP contribution in [0, 0.1) is 17.7 Å². The predicted octanol–water partition coefficient (Wildman–Crippen LogP) is 3.43. The van der Waals surface area contributed by atoms with Crippen LogP contribution in [0.3, 0.4) is 0 Å². The molecule has 3 unspecified atom stereocenters. The Labute approximate surface area is 100 Å². The van der Waals surface area contributed by atoms with Gasteiger partial charge in [0.15, 0.2) is 0 Å². The third kappa shape index (κ3) is 2.48. The number of hydrogen-bond acceptors (Lipinski definition) is 1. The molecule has 1 N–H and O–H groups in total. The number of hydrogen-bond donors (Lipinski definition) is 1. The number of halogens is 1. The Morgan fingerprint density at radius 2 is 2.06 bits per heavy atom. The minimum absolute atomic E-state index is 0.183. The van der Waals surface area contributed by atoms with E-state index in [9.17, 15) is 14.3 Å². The highest BCUT2D eigenvalue weighted by molar-refractivity contribution is 5.71. The summed E-state index contributed by atoms with van der Waals surface area (Å²) in [5, 5.41) is 9.22. The van der Waals surface area contributed by atoms with Gasteiger partial charge in [-0.25, -0.2) is 4.39 Å². The van der Waals surface area contributed by atoms with Crippen molar-refractivity contribution in [2.45, 2.75) is 32.1 Å². The molecule has 1 aliphatic rings. The molecule has 1 fully saturated rings. The summed E-state index contributed by atoms with van der Waals surface area (Å²) < 4.78 is 13.7. The largest absolute Gasteiger partial charge is 0.481 e. The van der Waals surface area contributed by atoms with Crippen LogP contribution in [0.25, 0.3) is 0 Å². The summed E-state index contributed by atoms with van der Waals surface area (Å²) in [6.07, 6.45) is 2.33. The molecular formula is C14H17FO2. The molecule has 0 radical (unpaired) electrons. The minimum atomic E-state index is -0.801. The molecule has 0 bridgehead atoms. The van der Waals surface area contributed by atoms with Crippen LogP contribution in [0.4, 0.5) is 4.39 Å². The van der Waals surface area contributed by atoms with E-state index >= 15 is 0 Å². The maximum atomic E-state index is 13.7. The quantitative estimate of drug-likeness (QED) is 0.854. The van der Waals surface area contributed by atoms with Gasteiger partial charge < -0.3 is 5.11 Å². The van der Waals surface area contributed by atoms with Crippen LogP contribution in [0.1, 0.15) is 37.7 Å². The molecule has 0 saturated heterocycles. The average Bonchev–Trinajstić information content (AvgIpc) is 2.29. The van der Waals surface area contributed by atoms with Gasteiger partial charge in [-0.3, -0.25) is 4.79 Å². The maximum absolute atomic E-state index is 13.7. The van der Waals surface area contributed by atoms with Crippen molar-refractivity contribution < 1.29 is 14.3 Å². The van der Waals surface area contributed by atoms with E-state index in [4.69, 9.17) is 0 Å². The van der Waals surface area contributed by atoms with Gasteiger partial charge in [0, 0.05) is 5.92 Å². The molecule has 1 aromatic carbocycles. The summed E-state index contributed by atoms with van der Waals surface area (Å²) in [4.78, 5) is 11.2. The lowest BCUT2D eigenvalue weighted by Gasteiger charge is -2.32. The van der Waals surface area contributed by atoms with Crippen molar-refractivity contribution in [2.24, 2.45) is 11.8 Å². The summed E-state index contributed by atoms with van der Waals surface area (Å²) in [5.74, 6) is -1.24. The Morgan fingerprint density at radius 3 is 2.71 bits per heavy atom. The van der Waals surface area contributed by atoms with E-state index < -0.39 is 11.9 Å². The molecule has 3 heteroatoms. The predicted molar refractivity (Wildman–Crippen MR) is 63.3 cm³/mol. The molecule has 0 aromatic heterocycles. The fraction of sp³-hybridized carbons (Fsp3) is 0.500. The topological polar surface area (TPSA) is 37.3 Å². The number of benzene rings is 1. The highest BCUT2D eigenvalue weighted by Crippen LogP contribution is 2.41. The summed E-state index contributed by atoms with van der Waals surface area (Å²) >= 11 is 0. The summed E-state index contributed by atoms with van der Waals surface area (Å²) in [7, 11) is 0. The first-order valence-corrected chi connectivity index (χ1v) is 6.07. The highest BCUT2D eigenvalue weighted by atomic mass is 19.1. The van der Waals surface area contributed by atoms with E-state index in [1.165, 1.54) is 6.07 Å². The van der Waals surface area contributed by atoms with Gasteiger partial charge in [-0.15, -0.1) is 0 Å². The molecule has 1 aliphatic carbocycles. The number of aliphatic carboxylic acids is 1. The fourth-order valence-corrected chi connectivity index (χ4v) is 2.80. The fourth-order valence-electron chi connectivity index (χ4n) is 2.80. The molecule has 0 aliphatic heterocycles. The van der Waals surface area contributed by atoms with Crippen molar-refractivity contribution >= 4 is 5.97 Å². The first-order chi connectivity index (χ1) is 8.09. The smallest absolute Gasteiger partial charge is 0.307 e. The SMILES string of the molecule is CC1CCC(C(=O)O)C(c2ccccc2F)C1. The minimum Gasteiger partial charge on any atom is -0.481 e. The van der Waals surface area contributed by atoms with E-state index in [0.29, 0.717) is 17.9 Å². The summed E-state index contributed by atoms with van der Waals surface area (Å²) in [6.45, 7) is 2.10. The Balaban J connectivity index is 2.32. The van der Waals surface area contributed by atoms with Crippen molar-refractivity contribution in [3.63, 3.8) is 0 Å². The lowest BCUT2D eigenvalue weighted by atomic mass is 9.71. The van der Waals surface area contributed by atoms with Crippen molar-refractivity contribution in [1.82, 2.24) is 0 Å². The first kappa shape index (κ1) is 12.1. The zero-order chi connectivity index (χ0) is 12.4. The Bertz CT molecular complexity index is 416. The lowest BCUT2D eigenvalue weighted by molar-refractivity contribution is -0.143. The molecule has 0 heterocycles. The van der Waals surface area contributed by atoms with Crippen LogP contribution in [0.5, 0.6) is 0 Å². The van der Waals surface area contributed by atoms with Crippen LogP contribution in [0.15, 0.2) is 24.3 Å². The number of rotatable bonds is 2. The van der Waals surface area contributed by atoms with Gasteiger partial charge in [-0.2, -0.15) is 0 Å². The monoisotopic (exact) mass is 236 g/mol. The number of carbonyl (C=O) groups is 1. The highest BCUT2D eigenvalue weighted by Gasteiger charge is 2.35. The normalized spacial score (nSPS) is 28.9. The molecule has 17 heavy (non-hydrogen) atoms. The van der Waals surface area contributed by atoms with Crippen LogP contribution in [0.2, 0.25) is 0 Å². The van der Waals surface area contributed by atoms with Crippen LogP contribution in [-0.4, -0.2) is 11.1 Å². The molecule has 0 spiro atoms. The van der Waals surface area contributed by atoms with Crippen molar-refractivity contribution in [3.8, 4) is 0 Å². The van der Waals surface area contributed by atoms with Crippen molar-refractivity contribution in [2.75, 3.05) is 0 Å². The Morgan fingerprint density at radius 1 is 1.35 bits per heavy atom. The Hall–Kier alpha value is -1.38. The van der Waals surface area contributed by atoms with E-state index in [1.54, 1.807) is 18.2 Å². The lowest BCUT2D eigenvalue weighted by Crippen LogP contribution is -2.29. The number of carboxylic acids is 1. The van der Waals surface area contributed by atoms with Gasteiger partial charge in [0.1, 0.15) is 5.82 Å². The molecule has 0 amide bonds. The average molecular weight is 236 g/mol. The van der Waals surface area contributed by atoms with E-state index in [1.807, 2.05) is 0 Å². The molecule has 92 valence electrons. The van der Waals surface area contributed by atoms with Gasteiger partial charge in [0.05, 0.1) is 5.92 Å². The zero-order valence-electron chi connectivity index (χ0n) is 9.90. The second-order valence-electron chi connectivity index (χ2n) is 4.99. The third-order valence-electron chi connectivity index (χ3n) is 3.73.